The Morgan fingerprint density at radius 1 is 1.28 bits per heavy atom. The lowest BCUT2D eigenvalue weighted by Gasteiger charge is -2.19. The van der Waals surface area contributed by atoms with Gasteiger partial charge in [0.25, 0.3) is 10.2 Å². The van der Waals surface area contributed by atoms with Crippen LogP contribution in [0.5, 0.6) is 0 Å². The molecule has 0 aliphatic carbocycles. The molecular formula is C11H21N3O2S2. The van der Waals surface area contributed by atoms with Gasteiger partial charge in [-0.2, -0.15) is 17.9 Å². The fourth-order valence-electron chi connectivity index (χ4n) is 1.61. The second-order valence-electron chi connectivity index (χ2n) is 4.95. The first-order valence-electron chi connectivity index (χ1n) is 5.99. The number of rotatable bonds is 7. The van der Waals surface area contributed by atoms with Crippen LogP contribution in [0.2, 0.25) is 0 Å². The third-order valence-electron chi connectivity index (χ3n) is 2.14. The minimum atomic E-state index is -3.49. The maximum Gasteiger partial charge on any atom is 0.277 e. The summed E-state index contributed by atoms with van der Waals surface area (Å²) >= 11 is 1.47. The normalized spacial score (nSPS) is 14.3. The number of nitrogens with one attached hydrogen (secondary N) is 2. The molecule has 0 fully saturated rings. The van der Waals surface area contributed by atoms with Gasteiger partial charge in [-0.3, -0.25) is 0 Å². The summed E-state index contributed by atoms with van der Waals surface area (Å²) < 4.78 is 29.0. The number of hydrogen-bond acceptors (Lipinski definition) is 4. The predicted molar refractivity (Wildman–Crippen MR) is 74.6 cm³/mol. The van der Waals surface area contributed by atoms with E-state index in [2.05, 4.69) is 28.3 Å². The zero-order valence-corrected chi connectivity index (χ0v) is 12.8. The molecule has 0 aliphatic heterocycles. The fraction of sp³-hybridized carbons (Fsp3) is 0.727. The highest BCUT2D eigenvalue weighted by atomic mass is 32.2. The van der Waals surface area contributed by atoms with Crippen molar-refractivity contribution in [1.29, 1.82) is 0 Å². The van der Waals surface area contributed by atoms with E-state index in [0.717, 1.165) is 11.4 Å². The predicted octanol–water partition coefficient (Wildman–Crippen LogP) is 2.06. The average molecular weight is 291 g/mol. The molecule has 18 heavy (non-hydrogen) atoms. The van der Waals surface area contributed by atoms with Crippen LogP contribution in [0.15, 0.2) is 11.6 Å². The summed E-state index contributed by atoms with van der Waals surface area (Å²) in [6.07, 6.45) is 2.42. The minimum Gasteiger partial charge on any atom is -0.248 e. The van der Waals surface area contributed by atoms with E-state index in [0.29, 0.717) is 5.92 Å². The van der Waals surface area contributed by atoms with E-state index in [1.807, 2.05) is 5.38 Å². The van der Waals surface area contributed by atoms with E-state index in [4.69, 9.17) is 0 Å². The Labute approximate surface area is 113 Å². The van der Waals surface area contributed by atoms with E-state index < -0.39 is 10.2 Å². The maximum absolute atomic E-state index is 11.9. The Morgan fingerprint density at radius 3 is 2.39 bits per heavy atom. The van der Waals surface area contributed by atoms with Gasteiger partial charge in [-0.05, 0) is 26.2 Å². The molecule has 0 spiro atoms. The van der Waals surface area contributed by atoms with Crippen LogP contribution in [0.1, 0.15) is 45.2 Å². The molecule has 7 heteroatoms. The van der Waals surface area contributed by atoms with Gasteiger partial charge in [-0.1, -0.05) is 13.8 Å². The van der Waals surface area contributed by atoms with Gasteiger partial charge in [-0.15, -0.1) is 11.3 Å². The Bertz CT molecular complexity index is 441. The molecule has 0 saturated heterocycles. The van der Waals surface area contributed by atoms with Gasteiger partial charge in [0.2, 0.25) is 0 Å². The van der Waals surface area contributed by atoms with Gasteiger partial charge in [-0.25, -0.2) is 4.98 Å². The van der Waals surface area contributed by atoms with Crippen molar-refractivity contribution in [3.8, 4) is 0 Å². The number of nitrogens with zero attached hydrogens (tertiary/aromatic N) is 1. The van der Waals surface area contributed by atoms with E-state index in [1.165, 1.54) is 11.3 Å². The van der Waals surface area contributed by atoms with Crippen molar-refractivity contribution in [3.63, 3.8) is 0 Å². The lowest BCUT2D eigenvalue weighted by molar-refractivity contribution is 0.464. The van der Waals surface area contributed by atoms with Crippen molar-refractivity contribution >= 4 is 21.5 Å². The maximum atomic E-state index is 11.9. The van der Waals surface area contributed by atoms with Gasteiger partial charge in [0, 0.05) is 17.6 Å². The molecule has 1 unspecified atom stereocenters. The zero-order valence-electron chi connectivity index (χ0n) is 11.2. The van der Waals surface area contributed by atoms with Gasteiger partial charge >= 0.3 is 0 Å². The van der Waals surface area contributed by atoms with Crippen molar-refractivity contribution < 1.29 is 8.42 Å². The summed E-state index contributed by atoms with van der Waals surface area (Å²) in [7, 11) is -3.49. The van der Waals surface area contributed by atoms with Crippen molar-refractivity contribution in [3.05, 3.63) is 16.6 Å². The molecule has 1 rings (SSSR count). The molecule has 0 radical (unpaired) electrons. The molecule has 2 N–H and O–H groups in total. The van der Waals surface area contributed by atoms with E-state index in [9.17, 15) is 8.42 Å². The lowest BCUT2D eigenvalue weighted by atomic mass is 10.1. The summed E-state index contributed by atoms with van der Waals surface area (Å²) in [6.45, 7) is 7.70. The SMILES string of the molecule is CC(C)CC(NS(=O)(=O)NC(C)C)c1nccs1. The van der Waals surface area contributed by atoms with Crippen LogP contribution in [0.4, 0.5) is 0 Å². The summed E-state index contributed by atoms with van der Waals surface area (Å²) in [5.41, 5.74) is 0. The molecule has 1 heterocycles. The number of hydrogen-bond donors (Lipinski definition) is 2. The third kappa shape index (κ3) is 5.43. The quantitative estimate of drug-likeness (QED) is 0.808. The first-order chi connectivity index (χ1) is 8.30. The van der Waals surface area contributed by atoms with Gasteiger partial charge < -0.3 is 0 Å². The largest absolute Gasteiger partial charge is 0.277 e. The molecule has 0 aliphatic rings. The Morgan fingerprint density at radius 2 is 1.94 bits per heavy atom. The second-order valence-corrected chi connectivity index (χ2v) is 7.35. The molecule has 0 saturated carbocycles. The van der Waals surface area contributed by atoms with Crippen LogP contribution >= 0.6 is 11.3 Å². The minimum absolute atomic E-state index is 0.126. The molecule has 1 atom stereocenters. The van der Waals surface area contributed by atoms with Crippen molar-refractivity contribution in [2.45, 2.75) is 46.2 Å². The fourth-order valence-corrected chi connectivity index (χ4v) is 3.66. The molecule has 1 aromatic heterocycles. The van der Waals surface area contributed by atoms with Crippen LogP contribution < -0.4 is 9.44 Å². The summed E-state index contributed by atoms with van der Waals surface area (Å²) in [5, 5.41) is 2.66. The van der Waals surface area contributed by atoms with Crippen LogP contribution in [-0.2, 0) is 10.2 Å². The Balaban J connectivity index is 2.79. The van der Waals surface area contributed by atoms with Crippen molar-refractivity contribution in [1.82, 2.24) is 14.4 Å². The van der Waals surface area contributed by atoms with E-state index in [1.54, 1.807) is 20.0 Å². The van der Waals surface area contributed by atoms with E-state index >= 15 is 0 Å². The van der Waals surface area contributed by atoms with Crippen molar-refractivity contribution in [2.24, 2.45) is 5.92 Å². The van der Waals surface area contributed by atoms with E-state index in [-0.39, 0.29) is 12.1 Å². The monoisotopic (exact) mass is 291 g/mol. The van der Waals surface area contributed by atoms with Crippen LogP contribution in [-0.4, -0.2) is 19.4 Å². The molecule has 0 aromatic carbocycles. The second kappa shape index (κ2) is 6.60. The molecule has 1 aromatic rings. The van der Waals surface area contributed by atoms with Gasteiger partial charge in [0.1, 0.15) is 5.01 Å². The molecule has 5 nitrogen and oxygen atoms in total. The summed E-state index contributed by atoms with van der Waals surface area (Å²) in [4.78, 5) is 4.20. The first kappa shape index (κ1) is 15.6. The van der Waals surface area contributed by atoms with Crippen LogP contribution in [0.3, 0.4) is 0 Å². The molecule has 104 valence electrons. The topological polar surface area (TPSA) is 71.1 Å². The smallest absolute Gasteiger partial charge is 0.248 e. The lowest BCUT2D eigenvalue weighted by Crippen LogP contribution is -2.42. The third-order valence-corrected chi connectivity index (χ3v) is 4.41. The van der Waals surface area contributed by atoms with Crippen molar-refractivity contribution in [2.75, 3.05) is 0 Å². The first-order valence-corrected chi connectivity index (χ1v) is 8.35. The number of thiazole rings is 1. The van der Waals surface area contributed by atoms with Gasteiger partial charge in [0.05, 0.1) is 6.04 Å². The van der Waals surface area contributed by atoms with Crippen LogP contribution in [0.25, 0.3) is 0 Å². The molecule has 0 bridgehead atoms. The highest BCUT2D eigenvalue weighted by molar-refractivity contribution is 7.87. The summed E-state index contributed by atoms with van der Waals surface area (Å²) in [6, 6.07) is -0.389. The number of aromatic nitrogens is 1. The molecule has 0 amide bonds. The Hall–Kier alpha value is -0.500. The van der Waals surface area contributed by atoms with Gasteiger partial charge in [0.15, 0.2) is 0 Å². The average Bonchev–Trinajstić information content (AvgIpc) is 2.64. The highest BCUT2D eigenvalue weighted by Gasteiger charge is 2.22. The Kier molecular flexibility index (Phi) is 5.71. The van der Waals surface area contributed by atoms with Crippen LogP contribution in [0, 0.1) is 5.92 Å². The summed E-state index contributed by atoms with van der Waals surface area (Å²) in [5.74, 6) is 0.389. The standard InChI is InChI=1S/C11H21N3O2S2/c1-8(2)7-10(11-12-5-6-17-11)14-18(15,16)13-9(3)4/h5-6,8-10,13-14H,7H2,1-4H3. The zero-order chi connectivity index (χ0) is 13.8. The highest BCUT2D eigenvalue weighted by Crippen LogP contribution is 2.23. The molecular weight excluding hydrogens is 270 g/mol.